The van der Waals surface area contributed by atoms with Gasteiger partial charge in [-0.05, 0) is 31.9 Å². The minimum atomic E-state index is 0. The second kappa shape index (κ2) is 14.5. The van der Waals surface area contributed by atoms with Crippen LogP contribution in [-0.4, -0.2) is 47.1 Å². The van der Waals surface area contributed by atoms with Crippen molar-refractivity contribution in [3.8, 4) is 0 Å². The lowest BCUT2D eigenvalue weighted by Crippen LogP contribution is -2.38. The Morgan fingerprint density at radius 2 is 1.81 bits per heavy atom. The van der Waals surface area contributed by atoms with Crippen molar-refractivity contribution in [1.29, 1.82) is 0 Å². The number of aryl methyl sites for hydroxylation is 1. The molecule has 0 saturated heterocycles. The van der Waals surface area contributed by atoms with Crippen molar-refractivity contribution in [3.63, 3.8) is 0 Å². The first-order chi connectivity index (χ1) is 12.8. The number of aliphatic imine (C=N–C) groups is 1. The van der Waals surface area contributed by atoms with Crippen LogP contribution in [0.5, 0.6) is 0 Å². The summed E-state index contributed by atoms with van der Waals surface area (Å²) in [5.41, 5.74) is 0. The van der Waals surface area contributed by atoms with Crippen LogP contribution in [0.25, 0.3) is 0 Å². The number of halogens is 1. The zero-order chi connectivity index (χ0) is 18.6. The van der Waals surface area contributed by atoms with Gasteiger partial charge in [0.25, 0.3) is 0 Å². The van der Waals surface area contributed by atoms with Crippen LogP contribution in [0.4, 0.5) is 0 Å². The Morgan fingerprint density at radius 1 is 1.11 bits per heavy atom. The maximum Gasteiger partial charge on any atom is 0.191 e. The molecule has 1 aliphatic rings. The molecule has 0 aromatic carbocycles. The van der Waals surface area contributed by atoms with Crippen LogP contribution < -0.4 is 10.6 Å². The summed E-state index contributed by atoms with van der Waals surface area (Å²) in [7, 11) is 1.84. The lowest BCUT2D eigenvalue weighted by Gasteiger charge is -2.16. The molecule has 0 spiro atoms. The lowest BCUT2D eigenvalue weighted by molar-refractivity contribution is 0.460. The first-order valence-corrected chi connectivity index (χ1v) is 11.4. The average molecular weight is 509 g/mol. The molecule has 156 valence electrons. The second-order valence-corrected chi connectivity index (χ2v) is 7.77. The standard InChI is InChI=1S/C19H36N6S.HI/c1-4-5-6-9-14-21-18(20-2)22-15-10-13-17-23-24-19(26-3)25(17)16-11-7-8-12-16;/h16H,4-15H2,1-3H3,(H2,20,21,22);1H. The maximum absolute atomic E-state index is 4.46. The largest absolute Gasteiger partial charge is 0.356 e. The number of nitrogens with one attached hydrogen (secondary N) is 2. The van der Waals surface area contributed by atoms with Gasteiger partial charge in [0.1, 0.15) is 5.82 Å². The molecule has 6 nitrogen and oxygen atoms in total. The van der Waals surface area contributed by atoms with E-state index in [2.05, 4.69) is 43.6 Å². The number of unbranched alkanes of at least 4 members (excludes halogenated alkanes) is 3. The van der Waals surface area contributed by atoms with E-state index < -0.39 is 0 Å². The Morgan fingerprint density at radius 3 is 2.44 bits per heavy atom. The summed E-state index contributed by atoms with van der Waals surface area (Å²) in [5.74, 6) is 2.05. The predicted octanol–water partition coefficient (Wildman–Crippen LogP) is 4.41. The zero-order valence-corrected chi connectivity index (χ0v) is 20.3. The normalized spacial score (nSPS) is 15.0. The van der Waals surface area contributed by atoms with E-state index in [0.29, 0.717) is 6.04 Å². The average Bonchev–Trinajstić information content (AvgIpc) is 3.32. The van der Waals surface area contributed by atoms with E-state index in [1.807, 2.05) is 7.05 Å². The lowest BCUT2D eigenvalue weighted by atomic mass is 10.2. The van der Waals surface area contributed by atoms with Crippen molar-refractivity contribution in [2.75, 3.05) is 26.4 Å². The molecule has 1 saturated carbocycles. The molecule has 0 bridgehead atoms. The van der Waals surface area contributed by atoms with Crippen LogP contribution in [0, 0.1) is 0 Å². The van der Waals surface area contributed by atoms with Crippen LogP contribution in [0.3, 0.4) is 0 Å². The maximum atomic E-state index is 4.46. The fraction of sp³-hybridized carbons (Fsp3) is 0.842. The van der Waals surface area contributed by atoms with Crippen molar-refractivity contribution in [2.45, 2.75) is 82.3 Å². The zero-order valence-electron chi connectivity index (χ0n) is 17.2. The molecule has 0 unspecified atom stereocenters. The van der Waals surface area contributed by atoms with Gasteiger partial charge >= 0.3 is 0 Å². The summed E-state index contributed by atoms with van der Waals surface area (Å²) in [4.78, 5) is 4.31. The van der Waals surface area contributed by atoms with E-state index >= 15 is 0 Å². The van der Waals surface area contributed by atoms with E-state index in [1.54, 1.807) is 11.8 Å². The first kappa shape index (κ1) is 24.5. The van der Waals surface area contributed by atoms with Crippen LogP contribution >= 0.6 is 35.7 Å². The first-order valence-electron chi connectivity index (χ1n) is 10.2. The Bertz CT molecular complexity index is 542. The molecule has 8 heteroatoms. The Kier molecular flexibility index (Phi) is 13.2. The fourth-order valence-electron chi connectivity index (χ4n) is 3.58. The summed E-state index contributed by atoms with van der Waals surface area (Å²) in [6.07, 6.45) is 14.4. The van der Waals surface area contributed by atoms with Gasteiger partial charge in [-0.15, -0.1) is 34.2 Å². The summed E-state index contributed by atoms with van der Waals surface area (Å²) in [5, 5.41) is 16.7. The number of thioether (sulfide) groups is 1. The monoisotopic (exact) mass is 508 g/mol. The number of rotatable bonds is 11. The predicted molar refractivity (Wildman–Crippen MR) is 127 cm³/mol. The number of guanidine groups is 1. The highest BCUT2D eigenvalue weighted by Gasteiger charge is 2.23. The SMILES string of the molecule is CCCCCCNC(=NC)NCCCc1nnc(SC)n1C1CCCC1.I. The summed E-state index contributed by atoms with van der Waals surface area (Å²) in [6.45, 7) is 4.14. The van der Waals surface area contributed by atoms with Gasteiger partial charge in [0, 0.05) is 32.6 Å². The van der Waals surface area contributed by atoms with E-state index in [4.69, 9.17) is 0 Å². The van der Waals surface area contributed by atoms with Gasteiger partial charge in [-0.3, -0.25) is 4.99 Å². The molecule has 1 aliphatic carbocycles. The molecule has 0 atom stereocenters. The Hall–Kier alpha value is -0.510. The summed E-state index contributed by atoms with van der Waals surface area (Å²) < 4.78 is 2.40. The Labute approximate surface area is 186 Å². The molecule has 1 fully saturated rings. The molecule has 1 aromatic heterocycles. The van der Waals surface area contributed by atoms with E-state index in [9.17, 15) is 0 Å². The fourth-order valence-corrected chi connectivity index (χ4v) is 4.15. The molecule has 2 rings (SSSR count). The van der Waals surface area contributed by atoms with Gasteiger partial charge in [0.15, 0.2) is 11.1 Å². The summed E-state index contributed by atoms with van der Waals surface area (Å²) >= 11 is 1.71. The molecule has 2 N–H and O–H groups in total. The van der Waals surface area contributed by atoms with Gasteiger partial charge in [-0.25, -0.2) is 0 Å². The van der Waals surface area contributed by atoms with Gasteiger partial charge in [-0.2, -0.15) is 0 Å². The smallest absolute Gasteiger partial charge is 0.191 e. The number of nitrogens with zero attached hydrogens (tertiary/aromatic N) is 4. The van der Waals surface area contributed by atoms with E-state index in [1.165, 1.54) is 51.4 Å². The highest BCUT2D eigenvalue weighted by atomic mass is 127. The molecule has 0 aliphatic heterocycles. The minimum Gasteiger partial charge on any atom is -0.356 e. The van der Waals surface area contributed by atoms with Crippen LogP contribution in [0.15, 0.2) is 10.1 Å². The quantitative estimate of drug-likeness (QED) is 0.152. The van der Waals surface area contributed by atoms with Crippen LogP contribution in [0.2, 0.25) is 0 Å². The van der Waals surface area contributed by atoms with Gasteiger partial charge in [-0.1, -0.05) is 50.8 Å². The van der Waals surface area contributed by atoms with E-state index in [-0.39, 0.29) is 24.0 Å². The molecule has 1 aromatic rings. The van der Waals surface area contributed by atoms with Crippen molar-refractivity contribution >= 4 is 41.7 Å². The minimum absolute atomic E-state index is 0. The van der Waals surface area contributed by atoms with Gasteiger partial charge in [0.2, 0.25) is 0 Å². The summed E-state index contributed by atoms with van der Waals surface area (Å²) in [6, 6.07) is 0.605. The van der Waals surface area contributed by atoms with Crippen molar-refractivity contribution < 1.29 is 0 Å². The molecular formula is C19H37IN6S. The van der Waals surface area contributed by atoms with Gasteiger partial charge < -0.3 is 15.2 Å². The van der Waals surface area contributed by atoms with E-state index in [0.717, 1.165) is 42.9 Å². The topological polar surface area (TPSA) is 67.1 Å². The van der Waals surface area contributed by atoms with Crippen LogP contribution in [0.1, 0.15) is 76.6 Å². The molecule has 0 amide bonds. The number of hydrogen-bond acceptors (Lipinski definition) is 4. The number of aromatic nitrogens is 3. The Balaban J connectivity index is 0.00000364. The third-order valence-electron chi connectivity index (χ3n) is 5.02. The molecular weight excluding hydrogens is 471 g/mol. The molecule has 27 heavy (non-hydrogen) atoms. The third kappa shape index (κ3) is 8.17. The van der Waals surface area contributed by atoms with Crippen LogP contribution in [-0.2, 0) is 6.42 Å². The van der Waals surface area contributed by atoms with Crippen molar-refractivity contribution in [3.05, 3.63) is 5.82 Å². The third-order valence-corrected chi connectivity index (χ3v) is 5.67. The molecule has 0 radical (unpaired) electrons. The van der Waals surface area contributed by atoms with Crippen molar-refractivity contribution in [2.24, 2.45) is 4.99 Å². The second-order valence-electron chi connectivity index (χ2n) is 7.00. The number of hydrogen-bond donors (Lipinski definition) is 2. The molecule has 1 heterocycles. The highest BCUT2D eigenvalue weighted by molar-refractivity contribution is 14.0. The van der Waals surface area contributed by atoms with Gasteiger partial charge in [0.05, 0.1) is 0 Å². The van der Waals surface area contributed by atoms with Crippen molar-refractivity contribution in [1.82, 2.24) is 25.4 Å². The highest BCUT2D eigenvalue weighted by Crippen LogP contribution is 2.33.